The standard InChI is InChI=1S/C17H34N2O/c1-4-6-7-8-9-10-11-12-13-15-17(20)19-18-16(3)14-5-2/h4-15H2,1-3H3,(H,19,20)/b18-16+. The van der Waals surface area contributed by atoms with E-state index in [4.69, 9.17) is 0 Å². The highest BCUT2D eigenvalue weighted by atomic mass is 16.2. The molecule has 118 valence electrons. The molecule has 0 aliphatic carbocycles. The summed E-state index contributed by atoms with van der Waals surface area (Å²) in [5, 5.41) is 4.09. The van der Waals surface area contributed by atoms with Gasteiger partial charge in [0.05, 0.1) is 0 Å². The van der Waals surface area contributed by atoms with Gasteiger partial charge in [0, 0.05) is 12.1 Å². The maximum atomic E-state index is 11.5. The lowest BCUT2D eigenvalue weighted by Gasteiger charge is -2.03. The summed E-state index contributed by atoms with van der Waals surface area (Å²) in [7, 11) is 0. The molecule has 0 aliphatic rings. The number of amides is 1. The van der Waals surface area contributed by atoms with Crippen LogP contribution in [0.25, 0.3) is 0 Å². The van der Waals surface area contributed by atoms with Crippen molar-refractivity contribution in [3.63, 3.8) is 0 Å². The third-order valence-corrected chi connectivity index (χ3v) is 3.49. The van der Waals surface area contributed by atoms with E-state index in [-0.39, 0.29) is 5.91 Å². The molecule has 0 fully saturated rings. The Bertz CT molecular complexity index is 262. The lowest BCUT2D eigenvalue weighted by Crippen LogP contribution is -2.18. The second kappa shape index (κ2) is 14.5. The second-order valence-corrected chi connectivity index (χ2v) is 5.71. The summed E-state index contributed by atoms with van der Waals surface area (Å²) in [5.74, 6) is 0.0587. The van der Waals surface area contributed by atoms with Crippen molar-refractivity contribution >= 4 is 11.6 Å². The van der Waals surface area contributed by atoms with Crippen molar-refractivity contribution in [2.75, 3.05) is 0 Å². The molecule has 0 rings (SSSR count). The van der Waals surface area contributed by atoms with Gasteiger partial charge in [-0.2, -0.15) is 5.10 Å². The highest BCUT2D eigenvalue weighted by molar-refractivity contribution is 5.84. The average molecular weight is 282 g/mol. The van der Waals surface area contributed by atoms with Gasteiger partial charge in [-0.05, 0) is 19.8 Å². The van der Waals surface area contributed by atoms with E-state index in [1.807, 2.05) is 6.92 Å². The van der Waals surface area contributed by atoms with Crippen molar-refractivity contribution in [2.45, 2.75) is 97.8 Å². The van der Waals surface area contributed by atoms with Gasteiger partial charge >= 0.3 is 0 Å². The summed E-state index contributed by atoms with van der Waals surface area (Å²) in [6, 6.07) is 0. The van der Waals surface area contributed by atoms with Gasteiger partial charge in [0.1, 0.15) is 0 Å². The van der Waals surface area contributed by atoms with E-state index < -0.39 is 0 Å². The molecule has 0 aromatic rings. The first kappa shape index (κ1) is 19.1. The molecule has 3 heteroatoms. The third-order valence-electron chi connectivity index (χ3n) is 3.49. The molecule has 0 aromatic heterocycles. The molecule has 0 bridgehead atoms. The predicted molar refractivity (Wildman–Crippen MR) is 88.0 cm³/mol. The molecule has 1 N–H and O–H groups in total. The van der Waals surface area contributed by atoms with Crippen LogP contribution < -0.4 is 5.43 Å². The van der Waals surface area contributed by atoms with Crippen LogP contribution in [0.1, 0.15) is 97.8 Å². The van der Waals surface area contributed by atoms with Gasteiger partial charge in [0.25, 0.3) is 0 Å². The Kier molecular flexibility index (Phi) is 13.9. The van der Waals surface area contributed by atoms with Gasteiger partial charge < -0.3 is 0 Å². The van der Waals surface area contributed by atoms with Crippen molar-refractivity contribution in [3.05, 3.63) is 0 Å². The van der Waals surface area contributed by atoms with Crippen LogP contribution in [0.3, 0.4) is 0 Å². The monoisotopic (exact) mass is 282 g/mol. The van der Waals surface area contributed by atoms with Crippen LogP contribution in [0, 0.1) is 0 Å². The fraction of sp³-hybridized carbons (Fsp3) is 0.882. The van der Waals surface area contributed by atoms with Crippen LogP contribution in [0.2, 0.25) is 0 Å². The second-order valence-electron chi connectivity index (χ2n) is 5.71. The van der Waals surface area contributed by atoms with Crippen molar-refractivity contribution < 1.29 is 4.79 Å². The van der Waals surface area contributed by atoms with Crippen molar-refractivity contribution in [1.82, 2.24) is 5.43 Å². The predicted octanol–water partition coefficient (Wildman–Crippen LogP) is 5.20. The molecule has 0 aliphatic heterocycles. The number of nitrogens with zero attached hydrogens (tertiary/aromatic N) is 1. The first-order valence-corrected chi connectivity index (χ1v) is 8.52. The van der Waals surface area contributed by atoms with Crippen LogP contribution >= 0.6 is 0 Å². The Balaban J connectivity index is 3.33. The first-order chi connectivity index (χ1) is 9.70. The quantitative estimate of drug-likeness (QED) is 0.281. The van der Waals surface area contributed by atoms with E-state index in [0.29, 0.717) is 6.42 Å². The lowest BCUT2D eigenvalue weighted by atomic mass is 10.1. The summed E-state index contributed by atoms with van der Waals surface area (Å²) in [6.07, 6.45) is 14.2. The molecule has 0 heterocycles. The molecule has 0 aromatic carbocycles. The summed E-state index contributed by atoms with van der Waals surface area (Å²) in [6.45, 7) is 6.32. The molecular formula is C17H34N2O. The largest absolute Gasteiger partial charge is 0.273 e. The van der Waals surface area contributed by atoms with E-state index >= 15 is 0 Å². The number of hydrogen-bond donors (Lipinski definition) is 1. The van der Waals surface area contributed by atoms with Crippen LogP contribution in [0.4, 0.5) is 0 Å². The van der Waals surface area contributed by atoms with Crippen molar-refractivity contribution in [2.24, 2.45) is 5.10 Å². The Labute approximate surface area is 125 Å². The normalized spacial score (nSPS) is 11.7. The number of carbonyl (C=O) groups excluding carboxylic acids is 1. The van der Waals surface area contributed by atoms with Gasteiger partial charge in [0.2, 0.25) is 5.91 Å². The fourth-order valence-electron chi connectivity index (χ4n) is 2.23. The Morgan fingerprint density at radius 3 is 1.90 bits per heavy atom. The minimum Gasteiger partial charge on any atom is -0.273 e. The highest BCUT2D eigenvalue weighted by Gasteiger charge is 2.00. The fourth-order valence-corrected chi connectivity index (χ4v) is 2.23. The van der Waals surface area contributed by atoms with Gasteiger partial charge in [-0.3, -0.25) is 4.79 Å². The topological polar surface area (TPSA) is 41.5 Å². The van der Waals surface area contributed by atoms with E-state index in [1.54, 1.807) is 0 Å². The number of carbonyl (C=O) groups is 1. The van der Waals surface area contributed by atoms with Gasteiger partial charge in [0.15, 0.2) is 0 Å². The smallest absolute Gasteiger partial charge is 0.240 e. The maximum Gasteiger partial charge on any atom is 0.240 e. The summed E-state index contributed by atoms with van der Waals surface area (Å²) < 4.78 is 0. The molecular weight excluding hydrogens is 248 g/mol. The Hall–Kier alpha value is -0.860. The minimum atomic E-state index is 0.0587. The molecule has 0 atom stereocenters. The minimum absolute atomic E-state index is 0.0587. The molecule has 0 spiro atoms. The zero-order valence-corrected chi connectivity index (χ0v) is 13.8. The van der Waals surface area contributed by atoms with Crippen LogP contribution in [0.15, 0.2) is 5.10 Å². The van der Waals surface area contributed by atoms with Crippen LogP contribution in [-0.2, 0) is 4.79 Å². The summed E-state index contributed by atoms with van der Waals surface area (Å²) >= 11 is 0. The zero-order valence-electron chi connectivity index (χ0n) is 13.8. The Morgan fingerprint density at radius 1 is 0.800 bits per heavy atom. The average Bonchev–Trinajstić information content (AvgIpc) is 2.43. The molecule has 0 saturated heterocycles. The Morgan fingerprint density at radius 2 is 1.35 bits per heavy atom. The number of hydrogen-bond acceptors (Lipinski definition) is 2. The van der Waals surface area contributed by atoms with Gasteiger partial charge in [-0.25, -0.2) is 5.43 Å². The first-order valence-electron chi connectivity index (χ1n) is 8.52. The lowest BCUT2D eigenvalue weighted by molar-refractivity contribution is -0.121. The number of nitrogens with one attached hydrogen (secondary N) is 1. The molecule has 3 nitrogen and oxygen atoms in total. The van der Waals surface area contributed by atoms with Crippen molar-refractivity contribution in [1.29, 1.82) is 0 Å². The van der Waals surface area contributed by atoms with E-state index in [9.17, 15) is 4.79 Å². The molecule has 0 saturated carbocycles. The third kappa shape index (κ3) is 13.6. The molecule has 0 radical (unpaired) electrons. The summed E-state index contributed by atoms with van der Waals surface area (Å²) in [5.41, 5.74) is 3.65. The number of unbranched alkanes of at least 4 members (excludes halogenated alkanes) is 8. The summed E-state index contributed by atoms with van der Waals surface area (Å²) in [4.78, 5) is 11.5. The maximum absolute atomic E-state index is 11.5. The van der Waals surface area contributed by atoms with Gasteiger partial charge in [-0.1, -0.05) is 71.6 Å². The SMILES string of the molecule is CCCCCCCCCCCC(=O)N/N=C(\C)CCC. The number of hydrazone groups is 1. The van der Waals surface area contributed by atoms with E-state index in [0.717, 1.165) is 25.0 Å². The molecule has 1 amide bonds. The zero-order chi connectivity index (χ0) is 15.1. The number of rotatable bonds is 13. The molecule has 0 unspecified atom stereocenters. The van der Waals surface area contributed by atoms with Crippen molar-refractivity contribution in [3.8, 4) is 0 Å². The van der Waals surface area contributed by atoms with Crippen LogP contribution in [-0.4, -0.2) is 11.6 Å². The van der Waals surface area contributed by atoms with Gasteiger partial charge in [-0.15, -0.1) is 0 Å². The van der Waals surface area contributed by atoms with Crippen LogP contribution in [0.5, 0.6) is 0 Å². The van der Waals surface area contributed by atoms with E-state index in [2.05, 4.69) is 24.4 Å². The molecule has 20 heavy (non-hydrogen) atoms. The van der Waals surface area contributed by atoms with E-state index in [1.165, 1.54) is 51.4 Å². The highest BCUT2D eigenvalue weighted by Crippen LogP contribution is 2.10.